The van der Waals surface area contributed by atoms with Crippen LogP contribution in [-0.2, 0) is 11.2 Å². The molecule has 0 aliphatic carbocycles. The molecule has 0 saturated carbocycles. The summed E-state index contributed by atoms with van der Waals surface area (Å²) in [5.74, 6) is -0.682. The van der Waals surface area contributed by atoms with E-state index < -0.39 is 6.36 Å². The van der Waals surface area contributed by atoms with E-state index in [-0.39, 0.29) is 29.7 Å². The quantitative estimate of drug-likeness (QED) is 0.342. The van der Waals surface area contributed by atoms with Gasteiger partial charge in [-0.2, -0.15) is 0 Å². The van der Waals surface area contributed by atoms with Crippen molar-refractivity contribution in [2.75, 3.05) is 24.5 Å². The highest BCUT2D eigenvalue weighted by molar-refractivity contribution is 6.36. The van der Waals surface area contributed by atoms with Crippen LogP contribution in [-0.4, -0.2) is 36.8 Å². The number of amides is 1. The number of ether oxygens (including phenoxy) is 1. The summed E-state index contributed by atoms with van der Waals surface area (Å²) in [6, 6.07) is 17.9. The number of nitrogens with zero attached hydrogens (tertiary/aromatic N) is 2. The third-order valence-electron chi connectivity index (χ3n) is 5.75. The third kappa shape index (κ3) is 6.34. The molecule has 0 N–H and O–H groups in total. The van der Waals surface area contributed by atoms with Crippen molar-refractivity contribution in [1.82, 2.24) is 4.90 Å². The first-order valence-electron chi connectivity index (χ1n) is 10.7. The van der Waals surface area contributed by atoms with Crippen molar-refractivity contribution in [1.29, 1.82) is 0 Å². The van der Waals surface area contributed by atoms with Crippen molar-refractivity contribution in [3.63, 3.8) is 0 Å². The molecule has 3 aromatic carbocycles. The maximum Gasteiger partial charge on any atom is 0.573 e. The first-order chi connectivity index (χ1) is 16.6. The molecule has 1 atom stereocenters. The molecule has 1 aliphatic rings. The maximum atomic E-state index is 13.2. The Morgan fingerprint density at radius 2 is 1.63 bits per heavy atom. The third-order valence-corrected chi connectivity index (χ3v) is 6.54. The topological polar surface area (TPSA) is 32.8 Å². The molecule has 1 amide bonds. The predicted molar refractivity (Wildman–Crippen MR) is 131 cm³/mol. The van der Waals surface area contributed by atoms with Gasteiger partial charge in [0.1, 0.15) is 5.75 Å². The van der Waals surface area contributed by atoms with Gasteiger partial charge in [-0.25, -0.2) is 0 Å². The van der Waals surface area contributed by atoms with Crippen LogP contribution in [0.3, 0.4) is 0 Å². The van der Waals surface area contributed by atoms with Crippen molar-refractivity contribution >= 4 is 46.4 Å². The number of para-hydroxylation sites is 1. The molecule has 3 aromatic rings. The van der Waals surface area contributed by atoms with E-state index in [4.69, 9.17) is 34.8 Å². The maximum absolute atomic E-state index is 13.2. The highest BCUT2D eigenvalue weighted by atomic mass is 35.5. The molecular weight excluding hydrogens is 524 g/mol. The van der Waals surface area contributed by atoms with Crippen molar-refractivity contribution < 1.29 is 22.7 Å². The molecular formula is C25H20Cl3F3N2O2. The van der Waals surface area contributed by atoms with Gasteiger partial charge in [0.15, 0.2) is 0 Å². The molecule has 0 radical (unpaired) electrons. The van der Waals surface area contributed by atoms with Crippen molar-refractivity contribution in [3.8, 4) is 5.75 Å². The number of halogens is 6. The SMILES string of the molecule is O=C(Cc1ccccc1OC(F)(F)F)N1CCN(c2ccc(Cl)cc2Cl)C(c2ccc(Cl)cc2)C1. The van der Waals surface area contributed by atoms with E-state index in [2.05, 4.69) is 9.64 Å². The van der Waals surface area contributed by atoms with Gasteiger partial charge in [0.2, 0.25) is 5.91 Å². The number of rotatable bonds is 5. The molecule has 1 saturated heterocycles. The van der Waals surface area contributed by atoms with Crippen molar-refractivity contribution in [2.45, 2.75) is 18.8 Å². The fraction of sp³-hybridized carbons (Fsp3) is 0.240. The lowest BCUT2D eigenvalue weighted by atomic mass is 10.0. The Morgan fingerprint density at radius 3 is 2.31 bits per heavy atom. The minimum atomic E-state index is -4.84. The summed E-state index contributed by atoms with van der Waals surface area (Å²) in [4.78, 5) is 16.9. The summed E-state index contributed by atoms with van der Waals surface area (Å²) >= 11 is 18.6. The summed E-state index contributed by atoms with van der Waals surface area (Å²) in [6.07, 6.45) is -5.07. The van der Waals surface area contributed by atoms with Crippen LogP contribution in [0.5, 0.6) is 5.75 Å². The first-order valence-corrected chi connectivity index (χ1v) is 11.8. The Bertz CT molecular complexity index is 1210. The number of anilines is 1. The van der Waals surface area contributed by atoms with Gasteiger partial charge in [-0.1, -0.05) is 65.1 Å². The second kappa shape index (κ2) is 10.6. The Kier molecular flexibility index (Phi) is 7.69. The second-order valence-corrected chi connectivity index (χ2v) is 9.31. The predicted octanol–water partition coefficient (Wildman–Crippen LogP) is 7.18. The highest BCUT2D eigenvalue weighted by Gasteiger charge is 2.34. The summed E-state index contributed by atoms with van der Waals surface area (Å²) in [5, 5.41) is 1.57. The first kappa shape index (κ1) is 25.5. The van der Waals surface area contributed by atoms with E-state index in [1.54, 1.807) is 35.2 Å². The van der Waals surface area contributed by atoms with Gasteiger partial charge in [0, 0.05) is 35.2 Å². The molecule has 1 aliphatic heterocycles. The average Bonchev–Trinajstić information content (AvgIpc) is 2.80. The zero-order valence-corrected chi connectivity index (χ0v) is 20.5. The summed E-state index contributed by atoms with van der Waals surface area (Å²) in [7, 11) is 0. The zero-order chi connectivity index (χ0) is 25.2. The highest BCUT2D eigenvalue weighted by Crippen LogP contribution is 2.37. The molecule has 4 nitrogen and oxygen atoms in total. The number of hydrogen-bond acceptors (Lipinski definition) is 3. The van der Waals surface area contributed by atoms with Gasteiger partial charge < -0.3 is 14.5 Å². The minimum absolute atomic E-state index is 0.168. The molecule has 4 rings (SSSR count). The van der Waals surface area contributed by atoms with Crippen LogP contribution < -0.4 is 9.64 Å². The Morgan fingerprint density at radius 1 is 0.943 bits per heavy atom. The minimum Gasteiger partial charge on any atom is -0.405 e. The average molecular weight is 544 g/mol. The van der Waals surface area contributed by atoms with Gasteiger partial charge in [0.25, 0.3) is 0 Å². The summed E-state index contributed by atoms with van der Waals surface area (Å²) < 4.78 is 42.5. The fourth-order valence-corrected chi connectivity index (χ4v) is 4.77. The smallest absolute Gasteiger partial charge is 0.405 e. The molecule has 184 valence electrons. The lowest BCUT2D eigenvalue weighted by molar-refractivity contribution is -0.274. The molecule has 1 heterocycles. The van der Waals surface area contributed by atoms with Crippen LogP contribution in [0.25, 0.3) is 0 Å². The van der Waals surface area contributed by atoms with Crippen LogP contribution >= 0.6 is 34.8 Å². The van der Waals surface area contributed by atoms with E-state index in [1.165, 1.54) is 18.2 Å². The zero-order valence-electron chi connectivity index (χ0n) is 18.2. The second-order valence-electron chi connectivity index (χ2n) is 8.03. The summed E-state index contributed by atoms with van der Waals surface area (Å²) in [5.41, 5.74) is 1.85. The van der Waals surface area contributed by atoms with Crippen molar-refractivity contribution in [2.24, 2.45) is 0 Å². The lowest BCUT2D eigenvalue weighted by Gasteiger charge is -2.43. The summed E-state index contributed by atoms with van der Waals surface area (Å²) in [6.45, 7) is 1.13. The Labute approximate surface area is 215 Å². The number of carbonyl (C=O) groups is 1. The van der Waals surface area contributed by atoms with Gasteiger partial charge >= 0.3 is 6.36 Å². The number of alkyl halides is 3. The number of carbonyl (C=O) groups excluding carboxylic acids is 1. The molecule has 0 aromatic heterocycles. The van der Waals surface area contributed by atoms with E-state index in [0.717, 1.165) is 11.3 Å². The van der Waals surface area contributed by atoms with Gasteiger partial charge in [-0.3, -0.25) is 4.79 Å². The van der Waals surface area contributed by atoms with Gasteiger partial charge in [-0.15, -0.1) is 13.2 Å². The van der Waals surface area contributed by atoms with E-state index in [9.17, 15) is 18.0 Å². The number of benzene rings is 3. The van der Waals surface area contributed by atoms with Crippen molar-refractivity contribution in [3.05, 3.63) is 92.9 Å². The van der Waals surface area contributed by atoms with Crippen LogP contribution in [0.2, 0.25) is 15.1 Å². The van der Waals surface area contributed by atoms with E-state index in [1.807, 2.05) is 18.2 Å². The van der Waals surface area contributed by atoms with Crippen LogP contribution in [0.1, 0.15) is 17.2 Å². The molecule has 0 spiro atoms. The normalized spacial score (nSPS) is 16.3. The van der Waals surface area contributed by atoms with Gasteiger partial charge in [0.05, 0.1) is 23.2 Å². The molecule has 35 heavy (non-hydrogen) atoms. The van der Waals surface area contributed by atoms with Crippen LogP contribution in [0, 0.1) is 0 Å². The standard InChI is InChI=1S/C25H20Cl3F3N2O2/c26-18-7-5-16(6-8-18)22-15-32(11-12-33(22)21-10-9-19(27)14-20(21)28)24(34)13-17-3-1-2-4-23(17)35-25(29,30)31/h1-10,14,22H,11-13,15H2. The lowest BCUT2D eigenvalue weighted by Crippen LogP contribution is -2.51. The Balaban J connectivity index is 1.59. The fourth-order valence-electron chi connectivity index (χ4n) is 4.13. The Hall–Kier alpha value is -2.61. The number of piperazine rings is 1. The van der Waals surface area contributed by atoms with E-state index >= 15 is 0 Å². The molecule has 10 heteroatoms. The van der Waals surface area contributed by atoms with E-state index in [0.29, 0.717) is 34.7 Å². The number of hydrogen-bond donors (Lipinski definition) is 0. The monoisotopic (exact) mass is 542 g/mol. The molecule has 1 unspecified atom stereocenters. The largest absolute Gasteiger partial charge is 0.573 e. The molecule has 0 bridgehead atoms. The van der Waals surface area contributed by atoms with Gasteiger partial charge in [-0.05, 0) is 42.0 Å². The van der Waals surface area contributed by atoms with Crippen LogP contribution in [0.4, 0.5) is 18.9 Å². The van der Waals surface area contributed by atoms with Crippen LogP contribution in [0.15, 0.2) is 66.7 Å². The molecule has 1 fully saturated rings.